The fourth-order valence-electron chi connectivity index (χ4n) is 2.35. The molecule has 7 nitrogen and oxygen atoms in total. The molecule has 0 amide bonds. The summed E-state index contributed by atoms with van der Waals surface area (Å²) in [5.74, 6) is 1.54. The monoisotopic (exact) mass is 269 g/mol. The summed E-state index contributed by atoms with van der Waals surface area (Å²) in [7, 11) is 0. The highest BCUT2D eigenvalue weighted by Gasteiger charge is 2.16. The average Bonchev–Trinajstić information content (AvgIpc) is 3.03. The summed E-state index contributed by atoms with van der Waals surface area (Å²) in [4.78, 5) is 11.4. The molecule has 4 heterocycles. The number of fused-ring (bicyclic) bond motifs is 1. The lowest BCUT2D eigenvalue weighted by atomic mass is 10.2. The molecule has 2 N–H and O–H groups in total. The molecular weight excluding hydrogens is 254 g/mol. The van der Waals surface area contributed by atoms with Crippen LogP contribution in [-0.4, -0.2) is 42.6 Å². The summed E-state index contributed by atoms with van der Waals surface area (Å²) in [6, 6.07) is 3.77. The molecule has 7 heteroatoms. The largest absolute Gasteiger partial charge is 0.310 e. The first-order chi connectivity index (χ1) is 9.88. The molecule has 1 aliphatic rings. The smallest absolute Gasteiger partial charge is 0.214 e. The van der Waals surface area contributed by atoms with E-state index in [1.165, 1.54) is 19.5 Å². The Bertz CT molecular complexity index is 711. The number of nitrogens with one attached hydrogen (secondary N) is 2. The highest BCUT2D eigenvalue weighted by molar-refractivity contribution is 5.53. The minimum atomic E-state index is 0.731. The Morgan fingerprint density at radius 2 is 2.20 bits per heavy atom. The van der Waals surface area contributed by atoms with Gasteiger partial charge >= 0.3 is 0 Å². The fourth-order valence-corrected chi connectivity index (χ4v) is 2.35. The number of anilines is 2. The Labute approximate surface area is 115 Å². The highest BCUT2D eigenvalue weighted by atomic mass is 15.3. The predicted molar refractivity (Wildman–Crippen MR) is 74.8 cm³/mol. The van der Waals surface area contributed by atoms with E-state index in [0.29, 0.717) is 0 Å². The second-order valence-electron chi connectivity index (χ2n) is 4.95. The molecule has 3 aromatic heterocycles. The summed E-state index contributed by atoms with van der Waals surface area (Å²) < 4.78 is 1.97. The van der Waals surface area contributed by atoms with Crippen LogP contribution in [0.4, 0.5) is 11.8 Å². The van der Waals surface area contributed by atoms with E-state index in [-0.39, 0.29) is 0 Å². The van der Waals surface area contributed by atoms with E-state index in [4.69, 9.17) is 0 Å². The Kier molecular flexibility index (Phi) is 2.63. The third kappa shape index (κ3) is 2.01. The number of hydrogen-bond donors (Lipinski definition) is 2. The van der Waals surface area contributed by atoms with Crippen molar-refractivity contribution in [1.29, 1.82) is 0 Å². The number of rotatable bonds is 4. The number of imidazole rings is 1. The lowest BCUT2D eigenvalue weighted by Crippen LogP contribution is -2.36. The number of aromatic nitrogens is 5. The molecule has 0 aromatic carbocycles. The first-order valence-electron chi connectivity index (χ1n) is 6.70. The van der Waals surface area contributed by atoms with Gasteiger partial charge < -0.3 is 5.32 Å². The molecular formula is C13H15N7. The molecule has 1 saturated heterocycles. The molecule has 4 rings (SSSR count). The van der Waals surface area contributed by atoms with E-state index in [9.17, 15) is 0 Å². The maximum atomic E-state index is 4.64. The molecule has 3 aromatic rings. The molecule has 102 valence electrons. The molecule has 0 unspecified atom stereocenters. The van der Waals surface area contributed by atoms with Crippen molar-refractivity contribution < 1.29 is 0 Å². The zero-order valence-corrected chi connectivity index (χ0v) is 11.0. The molecule has 0 atom stereocenters. The summed E-state index contributed by atoms with van der Waals surface area (Å²) in [6.07, 6.45) is 6.79. The first kappa shape index (κ1) is 11.4. The van der Waals surface area contributed by atoms with Gasteiger partial charge in [-0.3, -0.25) is 14.4 Å². The molecule has 0 radical (unpaired) electrons. The van der Waals surface area contributed by atoms with Crippen LogP contribution in [0.15, 0.2) is 30.7 Å². The number of hydrogen-bond acceptors (Lipinski definition) is 5. The van der Waals surface area contributed by atoms with Gasteiger partial charge in [-0.15, -0.1) is 0 Å². The van der Waals surface area contributed by atoms with Crippen LogP contribution in [0.25, 0.3) is 5.65 Å². The summed E-state index contributed by atoms with van der Waals surface area (Å²) in [5.41, 5.74) is 1.97. The molecule has 20 heavy (non-hydrogen) atoms. The molecule has 1 aliphatic heterocycles. The van der Waals surface area contributed by atoms with Crippen molar-refractivity contribution in [3.05, 3.63) is 36.4 Å². The van der Waals surface area contributed by atoms with E-state index < -0.39 is 0 Å². The molecule has 0 aliphatic carbocycles. The van der Waals surface area contributed by atoms with Gasteiger partial charge in [0.1, 0.15) is 11.5 Å². The zero-order valence-electron chi connectivity index (χ0n) is 11.0. The van der Waals surface area contributed by atoms with Crippen molar-refractivity contribution in [2.24, 2.45) is 0 Å². The van der Waals surface area contributed by atoms with Gasteiger partial charge in [0.25, 0.3) is 0 Å². The Hall–Kier alpha value is -2.41. The third-order valence-electron chi connectivity index (χ3n) is 3.51. The molecule has 0 spiro atoms. The Balaban J connectivity index is 1.66. The first-order valence-corrected chi connectivity index (χ1v) is 6.70. The molecule has 0 saturated carbocycles. The Morgan fingerprint density at radius 1 is 1.25 bits per heavy atom. The van der Waals surface area contributed by atoms with E-state index in [2.05, 4.69) is 30.4 Å². The van der Waals surface area contributed by atoms with E-state index in [0.717, 1.165) is 29.7 Å². The lowest BCUT2D eigenvalue weighted by molar-refractivity contribution is 0.171. The Morgan fingerprint density at radius 3 is 2.95 bits per heavy atom. The SMILES string of the molecule is c1cc(Nc2nccc3nc(CN4CCC4)cn23)[nH]n1. The number of aromatic amines is 1. The van der Waals surface area contributed by atoms with Crippen LogP contribution in [-0.2, 0) is 6.54 Å². The molecule has 0 bridgehead atoms. The maximum Gasteiger partial charge on any atom is 0.214 e. The van der Waals surface area contributed by atoms with E-state index in [1.807, 2.05) is 22.7 Å². The minimum Gasteiger partial charge on any atom is -0.310 e. The standard InChI is InChI=1S/C13H15N7/c1-6-19(7-1)8-10-9-20-12(16-10)3-4-14-13(20)17-11-2-5-15-18-11/h2-5,9H,1,6-8H2,(H2,14,15,17,18). The second kappa shape index (κ2) is 4.61. The van der Waals surface area contributed by atoms with Crippen LogP contribution in [0.1, 0.15) is 12.1 Å². The topological polar surface area (TPSA) is 74.1 Å². The lowest BCUT2D eigenvalue weighted by Gasteiger charge is -2.29. The highest BCUT2D eigenvalue weighted by Crippen LogP contribution is 2.17. The molecule has 1 fully saturated rings. The zero-order chi connectivity index (χ0) is 13.4. The normalized spacial score (nSPS) is 15.4. The quantitative estimate of drug-likeness (QED) is 0.749. The van der Waals surface area contributed by atoms with Crippen molar-refractivity contribution in [3.63, 3.8) is 0 Å². The van der Waals surface area contributed by atoms with Gasteiger partial charge in [0.15, 0.2) is 0 Å². The van der Waals surface area contributed by atoms with Gasteiger partial charge in [-0.25, -0.2) is 9.97 Å². The predicted octanol–water partition coefficient (Wildman–Crippen LogP) is 1.40. The van der Waals surface area contributed by atoms with E-state index >= 15 is 0 Å². The van der Waals surface area contributed by atoms with Crippen molar-refractivity contribution in [3.8, 4) is 0 Å². The fraction of sp³-hybridized carbons (Fsp3) is 0.308. The van der Waals surface area contributed by atoms with Crippen LogP contribution in [0.2, 0.25) is 0 Å². The van der Waals surface area contributed by atoms with Crippen LogP contribution in [0.3, 0.4) is 0 Å². The van der Waals surface area contributed by atoms with Crippen LogP contribution >= 0.6 is 0 Å². The van der Waals surface area contributed by atoms with Gasteiger partial charge in [0.05, 0.1) is 11.9 Å². The van der Waals surface area contributed by atoms with Gasteiger partial charge in [-0.05, 0) is 25.6 Å². The van der Waals surface area contributed by atoms with Crippen molar-refractivity contribution in [2.75, 3.05) is 18.4 Å². The van der Waals surface area contributed by atoms with Gasteiger partial charge in [-0.1, -0.05) is 0 Å². The number of H-pyrrole nitrogens is 1. The minimum absolute atomic E-state index is 0.731. The summed E-state index contributed by atoms with van der Waals surface area (Å²) in [6.45, 7) is 3.25. The van der Waals surface area contributed by atoms with Gasteiger partial charge in [0.2, 0.25) is 5.95 Å². The third-order valence-corrected chi connectivity index (χ3v) is 3.51. The van der Waals surface area contributed by atoms with Crippen molar-refractivity contribution in [1.82, 2.24) is 29.5 Å². The second-order valence-corrected chi connectivity index (χ2v) is 4.95. The van der Waals surface area contributed by atoms with Crippen molar-refractivity contribution >= 4 is 17.4 Å². The summed E-state index contributed by atoms with van der Waals surface area (Å²) in [5, 5.41) is 9.98. The van der Waals surface area contributed by atoms with Crippen LogP contribution < -0.4 is 5.32 Å². The van der Waals surface area contributed by atoms with Crippen LogP contribution in [0.5, 0.6) is 0 Å². The number of likely N-dealkylation sites (tertiary alicyclic amines) is 1. The van der Waals surface area contributed by atoms with Gasteiger partial charge in [-0.2, -0.15) is 5.10 Å². The van der Waals surface area contributed by atoms with Crippen LogP contribution in [0, 0.1) is 0 Å². The maximum absolute atomic E-state index is 4.64. The average molecular weight is 269 g/mol. The van der Waals surface area contributed by atoms with E-state index in [1.54, 1.807) is 12.4 Å². The van der Waals surface area contributed by atoms with Gasteiger partial charge in [0, 0.05) is 25.0 Å². The number of nitrogens with zero attached hydrogens (tertiary/aromatic N) is 5. The van der Waals surface area contributed by atoms with Crippen molar-refractivity contribution in [2.45, 2.75) is 13.0 Å². The summed E-state index contributed by atoms with van der Waals surface area (Å²) >= 11 is 0.